The molecule has 1 amide bonds. The number of amides is 1. The summed E-state index contributed by atoms with van der Waals surface area (Å²) in [6, 6.07) is 2.30. The van der Waals surface area contributed by atoms with Crippen LogP contribution < -0.4 is 10.5 Å². The first-order chi connectivity index (χ1) is 16.8. The highest BCUT2D eigenvalue weighted by Gasteiger charge is 2.39. The zero-order valence-corrected chi connectivity index (χ0v) is 22.6. The minimum atomic E-state index is -0.268. The molecule has 35 heavy (non-hydrogen) atoms. The van der Waals surface area contributed by atoms with E-state index in [4.69, 9.17) is 17.0 Å². The zero-order valence-electron chi connectivity index (χ0n) is 21.0. The Morgan fingerprint density at radius 2 is 1.86 bits per heavy atom. The molecule has 0 bridgehead atoms. The predicted octanol–water partition coefficient (Wildman–Crippen LogP) is 4.59. The number of nitrogens with zero attached hydrogens (tertiary/aromatic N) is 4. The second-order valence-corrected chi connectivity index (χ2v) is 11.5. The van der Waals surface area contributed by atoms with Gasteiger partial charge in [-0.05, 0) is 51.7 Å². The number of carbonyl (C=O) groups excluding carboxylic acids is 1. The van der Waals surface area contributed by atoms with Crippen molar-refractivity contribution >= 4 is 46.1 Å². The van der Waals surface area contributed by atoms with E-state index >= 15 is 0 Å². The molecule has 4 rings (SSSR count). The Kier molecular flexibility index (Phi) is 8.04. The summed E-state index contributed by atoms with van der Waals surface area (Å²) < 4.78 is 8.30. The zero-order chi connectivity index (χ0) is 25.3. The maximum absolute atomic E-state index is 13.5. The molecule has 1 aromatic rings. The maximum Gasteiger partial charge on any atom is 0.270 e. The number of nitriles is 1. The fourth-order valence-electron chi connectivity index (χ4n) is 5.45. The summed E-state index contributed by atoms with van der Waals surface area (Å²) in [5.41, 5.74) is 1.23. The Morgan fingerprint density at radius 3 is 2.46 bits per heavy atom. The molecule has 3 fully saturated rings. The van der Waals surface area contributed by atoms with E-state index in [2.05, 4.69) is 17.9 Å². The van der Waals surface area contributed by atoms with E-state index < -0.39 is 0 Å². The lowest BCUT2D eigenvalue weighted by Crippen LogP contribution is -2.48. The van der Waals surface area contributed by atoms with Gasteiger partial charge < -0.3 is 9.64 Å². The van der Waals surface area contributed by atoms with Crippen molar-refractivity contribution in [2.75, 3.05) is 18.0 Å². The van der Waals surface area contributed by atoms with Crippen molar-refractivity contribution in [3.63, 3.8) is 0 Å². The molecule has 1 aromatic heterocycles. The lowest BCUT2D eigenvalue weighted by atomic mass is 10.0. The van der Waals surface area contributed by atoms with Crippen LogP contribution in [-0.4, -0.2) is 51.0 Å². The topological polar surface area (TPSA) is 78.6 Å². The first-order valence-electron chi connectivity index (χ1n) is 12.6. The highest BCUT2D eigenvalue weighted by Crippen LogP contribution is 2.39. The van der Waals surface area contributed by atoms with Gasteiger partial charge in [-0.3, -0.25) is 19.1 Å². The minimum absolute atomic E-state index is 0.00199. The average molecular weight is 515 g/mol. The first-order valence-corrected chi connectivity index (χ1v) is 13.8. The maximum atomic E-state index is 13.5. The number of pyridine rings is 1. The van der Waals surface area contributed by atoms with Crippen LogP contribution >= 0.6 is 24.0 Å². The number of hydrogen-bond donors (Lipinski definition) is 0. The molecular formula is C26H34N4O3S2. The molecule has 3 heterocycles. The third-order valence-corrected chi connectivity index (χ3v) is 8.42. The molecule has 9 heteroatoms. The number of hydrogen-bond acceptors (Lipinski definition) is 7. The molecule has 188 valence electrons. The van der Waals surface area contributed by atoms with Gasteiger partial charge in [0.1, 0.15) is 21.8 Å². The number of ether oxygens (including phenoxy) is 1. The van der Waals surface area contributed by atoms with Gasteiger partial charge in [0.2, 0.25) is 0 Å². The van der Waals surface area contributed by atoms with Crippen molar-refractivity contribution in [2.45, 2.75) is 91.0 Å². The third kappa shape index (κ3) is 5.07. The monoisotopic (exact) mass is 514 g/mol. The highest BCUT2D eigenvalue weighted by molar-refractivity contribution is 8.26. The lowest BCUT2D eigenvalue weighted by Gasteiger charge is -2.39. The van der Waals surface area contributed by atoms with E-state index in [0.717, 1.165) is 49.9 Å². The van der Waals surface area contributed by atoms with E-state index in [1.165, 1.54) is 11.8 Å². The van der Waals surface area contributed by atoms with E-state index in [1.807, 2.05) is 26.8 Å². The molecule has 1 saturated carbocycles. The van der Waals surface area contributed by atoms with E-state index in [1.54, 1.807) is 9.47 Å². The van der Waals surface area contributed by atoms with Crippen LogP contribution in [-0.2, 0) is 16.1 Å². The van der Waals surface area contributed by atoms with Crippen LogP contribution in [0.1, 0.15) is 76.0 Å². The summed E-state index contributed by atoms with van der Waals surface area (Å²) in [6.07, 6.45) is 7.80. The van der Waals surface area contributed by atoms with Gasteiger partial charge in [-0.1, -0.05) is 50.2 Å². The molecule has 3 aliphatic rings. The molecule has 0 aromatic carbocycles. The van der Waals surface area contributed by atoms with Crippen LogP contribution in [0, 0.1) is 18.3 Å². The molecule has 7 nitrogen and oxygen atoms in total. The number of rotatable bonds is 6. The smallest absolute Gasteiger partial charge is 0.270 e. The van der Waals surface area contributed by atoms with Crippen LogP contribution in [0.3, 0.4) is 0 Å². The Balaban J connectivity index is 1.88. The molecule has 2 aliphatic heterocycles. The van der Waals surface area contributed by atoms with Gasteiger partial charge in [-0.25, -0.2) is 0 Å². The van der Waals surface area contributed by atoms with Gasteiger partial charge in [0.05, 0.1) is 17.1 Å². The average Bonchev–Trinajstić information content (AvgIpc) is 3.42. The van der Waals surface area contributed by atoms with Gasteiger partial charge in [-0.2, -0.15) is 5.26 Å². The molecule has 2 atom stereocenters. The third-order valence-electron chi connectivity index (χ3n) is 7.09. The van der Waals surface area contributed by atoms with Crippen LogP contribution in [0.15, 0.2) is 9.70 Å². The molecular weight excluding hydrogens is 480 g/mol. The van der Waals surface area contributed by atoms with Crippen molar-refractivity contribution in [3.05, 3.63) is 31.9 Å². The van der Waals surface area contributed by atoms with Crippen molar-refractivity contribution in [1.82, 2.24) is 9.47 Å². The number of aromatic nitrogens is 1. The molecule has 0 N–H and O–H groups in total. The van der Waals surface area contributed by atoms with Crippen molar-refractivity contribution in [2.24, 2.45) is 0 Å². The van der Waals surface area contributed by atoms with Crippen LogP contribution in [0.2, 0.25) is 0 Å². The normalized spacial score (nSPS) is 24.6. The molecule has 0 spiro atoms. The Hall–Kier alpha value is -2.15. The van der Waals surface area contributed by atoms with Gasteiger partial charge >= 0.3 is 0 Å². The Morgan fingerprint density at radius 1 is 1.20 bits per heavy atom. The second kappa shape index (κ2) is 10.9. The van der Waals surface area contributed by atoms with Crippen LogP contribution in [0.4, 0.5) is 5.82 Å². The van der Waals surface area contributed by atoms with Crippen LogP contribution in [0.25, 0.3) is 6.08 Å². The number of thiocarbonyl (C=S) groups is 1. The van der Waals surface area contributed by atoms with Crippen molar-refractivity contribution in [1.29, 1.82) is 5.26 Å². The number of carbonyl (C=O) groups is 1. The van der Waals surface area contributed by atoms with E-state index in [-0.39, 0.29) is 35.3 Å². The summed E-state index contributed by atoms with van der Waals surface area (Å²) in [5, 5.41) is 9.88. The lowest BCUT2D eigenvalue weighted by molar-refractivity contribution is -0.123. The minimum Gasteiger partial charge on any atom is -0.372 e. The molecule has 0 radical (unpaired) electrons. The summed E-state index contributed by atoms with van der Waals surface area (Å²) in [5.74, 6) is 0.707. The summed E-state index contributed by atoms with van der Waals surface area (Å²) in [4.78, 5) is 31.4. The molecule has 1 aliphatic carbocycles. The van der Waals surface area contributed by atoms with Crippen LogP contribution in [0.5, 0.6) is 0 Å². The van der Waals surface area contributed by atoms with E-state index in [0.29, 0.717) is 34.4 Å². The number of unbranched alkanes of at least 4 members (excludes halogenated alkanes) is 1. The van der Waals surface area contributed by atoms with Gasteiger partial charge in [0.15, 0.2) is 0 Å². The van der Waals surface area contributed by atoms with Crippen molar-refractivity contribution in [3.8, 4) is 6.07 Å². The summed E-state index contributed by atoms with van der Waals surface area (Å²) >= 11 is 6.94. The number of thioether (sulfide) groups is 1. The molecule has 2 saturated heterocycles. The summed E-state index contributed by atoms with van der Waals surface area (Å²) in [6.45, 7) is 9.72. The first kappa shape index (κ1) is 25.9. The quantitative estimate of drug-likeness (QED) is 0.406. The fourth-order valence-corrected chi connectivity index (χ4v) is 6.83. The Bertz CT molecular complexity index is 1140. The predicted molar refractivity (Wildman–Crippen MR) is 145 cm³/mol. The van der Waals surface area contributed by atoms with Gasteiger partial charge in [0, 0.05) is 31.2 Å². The SMILES string of the molecule is CCCCn1c(N2CC(C)OC(C)C2)c(/C=C2\SC(=S)N(C3CCCC3)C2=O)c(C)c(C#N)c1=O. The summed E-state index contributed by atoms with van der Waals surface area (Å²) in [7, 11) is 0. The van der Waals surface area contributed by atoms with E-state index in [9.17, 15) is 14.9 Å². The highest BCUT2D eigenvalue weighted by atomic mass is 32.2. The largest absolute Gasteiger partial charge is 0.372 e. The van der Waals surface area contributed by atoms with Gasteiger partial charge in [0.25, 0.3) is 11.5 Å². The fraction of sp³-hybridized carbons (Fsp3) is 0.615. The molecule has 2 unspecified atom stereocenters. The number of anilines is 1. The van der Waals surface area contributed by atoms with Crippen molar-refractivity contribution < 1.29 is 9.53 Å². The Labute approximate surface area is 217 Å². The number of morpholine rings is 1. The standard InChI is InChI=1S/C26H34N4O3S2/c1-5-6-11-29-23(28-14-16(2)33-17(3)15-28)20(18(4)21(13-27)24(29)31)12-22-25(32)30(26(34)35-22)19-9-7-8-10-19/h12,16-17,19H,5-11,14-15H2,1-4H3/b22-12-. The second-order valence-electron chi connectivity index (χ2n) is 9.81. The van der Waals surface area contributed by atoms with Gasteiger partial charge in [-0.15, -0.1) is 0 Å².